The van der Waals surface area contributed by atoms with E-state index in [0.29, 0.717) is 12.5 Å². The monoisotopic (exact) mass is 257 g/mol. The Morgan fingerprint density at radius 2 is 2.26 bits per heavy atom. The van der Waals surface area contributed by atoms with Crippen molar-refractivity contribution in [2.75, 3.05) is 13.2 Å². The van der Waals surface area contributed by atoms with E-state index in [1.54, 1.807) is 0 Å². The number of aliphatic hydroxyl groups excluding tert-OH is 1. The molecule has 2 rings (SSSR count). The molecular weight excluding hydrogens is 234 g/mol. The van der Waals surface area contributed by atoms with Crippen molar-refractivity contribution in [3.8, 4) is 11.8 Å². The van der Waals surface area contributed by atoms with Crippen molar-refractivity contribution in [3.05, 3.63) is 35.4 Å². The summed E-state index contributed by atoms with van der Waals surface area (Å²) in [6, 6.07) is 9.16. The van der Waals surface area contributed by atoms with Crippen LogP contribution in [-0.2, 0) is 6.54 Å². The number of likely N-dealkylation sites (tertiary alicyclic amines) is 1. The third-order valence-electron chi connectivity index (χ3n) is 3.72. The number of hydrogen-bond acceptors (Lipinski definition) is 2. The van der Waals surface area contributed by atoms with Gasteiger partial charge in [0.2, 0.25) is 0 Å². The summed E-state index contributed by atoms with van der Waals surface area (Å²) in [7, 11) is 0. The molecule has 0 amide bonds. The van der Waals surface area contributed by atoms with Gasteiger partial charge in [0.25, 0.3) is 0 Å². The minimum atomic E-state index is 0.137. The zero-order valence-electron chi connectivity index (χ0n) is 11.7. The molecule has 102 valence electrons. The Kier molecular flexibility index (Phi) is 5.44. The first-order chi connectivity index (χ1) is 9.29. The smallest absolute Gasteiger partial charge is 0.0540 e. The molecular formula is C17H23NO. The van der Waals surface area contributed by atoms with E-state index >= 15 is 0 Å². The standard InChI is InChI=1S/C17H23NO/c1-15-7-2-4-11-18(15)14-17-10-6-9-16(13-17)8-3-5-12-19/h6,9-10,13,15,19H,2,4-5,7,11-12,14H2,1H3. The Balaban J connectivity index is 2.00. The first kappa shape index (κ1) is 14.1. The molecule has 1 fully saturated rings. The molecule has 2 heteroatoms. The maximum absolute atomic E-state index is 8.74. The van der Waals surface area contributed by atoms with Gasteiger partial charge in [0.15, 0.2) is 0 Å². The lowest BCUT2D eigenvalue weighted by molar-refractivity contribution is 0.152. The van der Waals surface area contributed by atoms with E-state index in [9.17, 15) is 0 Å². The third-order valence-corrected chi connectivity index (χ3v) is 3.72. The van der Waals surface area contributed by atoms with Gasteiger partial charge in [-0.15, -0.1) is 0 Å². The molecule has 2 nitrogen and oxygen atoms in total. The Morgan fingerprint density at radius 1 is 1.37 bits per heavy atom. The molecule has 1 aromatic carbocycles. The minimum absolute atomic E-state index is 0.137. The van der Waals surface area contributed by atoms with Crippen molar-refractivity contribution in [2.45, 2.75) is 45.2 Å². The predicted octanol–water partition coefficient (Wildman–Crippen LogP) is 2.79. The van der Waals surface area contributed by atoms with E-state index in [4.69, 9.17) is 5.11 Å². The largest absolute Gasteiger partial charge is 0.395 e. The van der Waals surface area contributed by atoms with Gasteiger partial charge >= 0.3 is 0 Å². The highest BCUT2D eigenvalue weighted by Crippen LogP contribution is 2.19. The second-order valence-corrected chi connectivity index (χ2v) is 5.29. The summed E-state index contributed by atoms with van der Waals surface area (Å²) >= 11 is 0. The molecule has 1 heterocycles. The van der Waals surface area contributed by atoms with Gasteiger partial charge in [0.05, 0.1) is 6.61 Å². The molecule has 1 aliphatic heterocycles. The zero-order chi connectivity index (χ0) is 13.5. The average Bonchev–Trinajstić information content (AvgIpc) is 2.42. The molecule has 0 radical (unpaired) electrons. The van der Waals surface area contributed by atoms with Crippen molar-refractivity contribution in [2.24, 2.45) is 0 Å². The Bertz CT molecular complexity index is 458. The number of piperidine rings is 1. The number of nitrogens with zero attached hydrogens (tertiary/aromatic N) is 1. The molecule has 0 bridgehead atoms. The lowest BCUT2D eigenvalue weighted by atomic mass is 10.0. The van der Waals surface area contributed by atoms with Crippen molar-refractivity contribution in [1.82, 2.24) is 4.90 Å². The van der Waals surface area contributed by atoms with Gasteiger partial charge in [-0.05, 0) is 44.0 Å². The van der Waals surface area contributed by atoms with Gasteiger partial charge in [-0.1, -0.05) is 30.4 Å². The Labute approximate surface area is 116 Å². The normalized spacial score (nSPS) is 19.8. The highest BCUT2D eigenvalue weighted by molar-refractivity contribution is 5.37. The van der Waals surface area contributed by atoms with E-state index in [1.165, 1.54) is 31.4 Å². The van der Waals surface area contributed by atoms with Crippen LogP contribution in [0.25, 0.3) is 0 Å². The number of aliphatic hydroxyl groups is 1. The highest BCUT2D eigenvalue weighted by atomic mass is 16.2. The summed E-state index contributed by atoms with van der Waals surface area (Å²) in [5.41, 5.74) is 2.39. The van der Waals surface area contributed by atoms with E-state index in [2.05, 4.69) is 41.9 Å². The van der Waals surface area contributed by atoms with E-state index in [1.807, 2.05) is 6.07 Å². The first-order valence-electron chi connectivity index (χ1n) is 7.22. The van der Waals surface area contributed by atoms with Crippen LogP contribution < -0.4 is 0 Å². The van der Waals surface area contributed by atoms with Gasteiger partial charge in [-0.25, -0.2) is 0 Å². The summed E-state index contributed by atoms with van der Waals surface area (Å²) < 4.78 is 0. The molecule has 19 heavy (non-hydrogen) atoms. The molecule has 1 saturated heterocycles. The maximum Gasteiger partial charge on any atom is 0.0540 e. The van der Waals surface area contributed by atoms with Gasteiger partial charge in [-0.3, -0.25) is 4.90 Å². The van der Waals surface area contributed by atoms with Gasteiger partial charge in [-0.2, -0.15) is 0 Å². The molecule has 1 aromatic rings. The van der Waals surface area contributed by atoms with Crippen LogP contribution in [0.5, 0.6) is 0 Å². The van der Waals surface area contributed by atoms with Crippen LogP contribution in [0, 0.1) is 11.8 Å². The lowest BCUT2D eigenvalue weighted by Crippen LogP contribution is -2.36. The summed E-state index contributed by atoms with van der Waals surface area (Å²) in [6.07, 6.45) is 4.55. The zero-order valence-corrected chi connectivity index (χ0v) is 11.7. The lowest BCUT2D eigenvalue weighted by Gasteiger charge is -2.33. The fraction of sp³-hybridized carbons (Fsp3) is 0.529. The molecule has 0 spiro atoms. The van der Waals surface area contributed by atoms with Crippen LogP contribution in [0.2, 0.25) is 0 Å². The topological polar surface area (TPSA) is 23.5 Å². The second-order valence-electron chi connectivity index (χ2n) is 5.29. The number of rotatable bonds is 3. The summed E-state index contributed by atoms with van der Waals surface area (Å²) in [4.78, 5) is 2.56. The minimum Gasteiger partial charge on any atom is -0.395 e. The maximum atomic E-state index is 8.74. The van der Waals surface area contributed by atoms with Crippen molar-refractivity contribution < 1.29 is 5.11 Å². The summed E-state index contributed by atoms with van der Waals surface area (Å²) in [6.45, 7) is 4.69. The Morgan fingerprint density at radius 3 is 3.05 bits per heavy atom. The van der Waals surface area contributed by atoms with Crippen LogP contribution in [0.1, 0.15) is 43.7 Å². The van der Waals surface area contributed by atoms with Crippen molar-refractivity contribution in [1.29, 1.82) is 0 Å². The molecule has 1 unspecified atom stereocenters. The van der Waals surface area contributed by atoms with Crippen LogP contribution in [-0.4, -0.2) is 29.2 Å². The summed E-state index contributed by atoms with van der Waals surface area (Å²) in [5.74, 6) is 6.08. The molecule has 0 aliphatic carbocycles. The fourth-order valence-electron chi connectivity index (χ4n) is 2.59. The fourth-order valence-corrected chi connectivity index (χ4v) is 2.59. The molecule has 1 aliphatic rings. The Hall–Kier alpha value is -1.30. The quantitative estimate of drug-likeness (QED) is 0.842. The molecule has 0 aromatic heterocycles. The first-order valence-corrected chi connectivity index (χ1v) is 7.22. The molecule has 1 atom stereocenters. The van der Waals surface area contributed by atoms with E-state index in [0.717, 1.165) is 12.1 Å². The SMILES string of the molecule is CC1CCCCN1Cc1cccc(C#CCCO)c1. The van der Waals surface area contributed by atoms with Crippen LogP contribution in [0.4, 0.5) is 0 Å². The third kappa shape index (κ3) is 4.38. The molecule has 0 saturated carbocycles. The second kappa shape index (κ2) is 7.33. The van der Waals surface area contributed by atoms with Gasteiger partial charge in [0, 0.05) is 24.6 Å². The van der Waals surface area contributed by atoms with Crippen LogP contribution in [0.15, 0.2) is 24.3 Å². The van der Waals surface area contributed by atoms with Crippen LogP contribution in [0.3, 0.4) is 0 Å². The summed E-state index contributed by atoms with van der Waals surface area (Å²) in [5, 5.41) is 8.74. The van der Waals surface area contributed by atoms with Crippen molar-refractivity contribution >= 4 is 0 Å². The van der Waals surface area contributed by atoms with Crippen LogP contribution >= 0.6 is 0 Å². The average molecular weight is 257 g/mol. The number of hydrogen-bond donors (Lipinski definition) is 1. The predicted molar refractivity (Wildman–Crippen MR) is 78.7 cm³/mol. The number of benzene rings is 1. The van der Waals surface area contributed by atoms with Crippen molar-refractivity contribution in [3.63, 3.8) is 0 Å². The highest BCUT2D eigenvalue weighted by Gasteiger charge is 2.17. The molecule has 1 N–H and O–H groups in total. The van der Waals surface area contributed by atoms with E-state index < -0.39 is 0 Å². The van der Waals surface area contributed by atoms with Gasteiger partial charge < -0.3 is 5.11 Å². The van der Waals surface area contributed by atoms with Gasteiger partial charge in [0.1, 0.15) is 0 Å². The van der Waals surface area contributed by atoms with E-state index in [-0.39, 0.29) is 6.61 Å².